The third kappa shape index (κ3) is 6.77. The summed E-state index contributed by atoms with van der Waals surface area (Å²) in [6.07, 6.45) is 3.62. The van der Waals surface area contributed by atoms with E-state index in [9.17, 15) is 4.79 Å². The second-order valence-electron chi connectivity index (χ2n) is 6.96. The molecule has 0 aliphatic rings. The van der Waals surface area contributed by atoms with E-state index in [4.69, 9.17) is 5.26 Å². The zero-order valence-corrected chi connectivity index (χ0v) is 17.7. The Kier molecular flexibility index (Phi) is 10.2. The number of rotatable bonds is 8. The van der Waals surface area contributed by atoms with E-state index in [1.54, 1.807) is 0 Å². The normalized spacial score (nSPS) is 13.2. The van der Waals surface area contributed by atoms with Gasteiger partial charge in [-0.2, -0.15) is 5.26 Å². The first-order valence-electron chi connectivity index (χ1n) is 8.83. The Balaban J connectivity index is 0.00000254. The van der Waals surface area contributed by atoms with Crippen molar-refractivity contribution in [2.75, 3.05) is 5.33 Å². The molecule has 0 aliphatic carbocycles. The van der Waals surface area contributed by atoms with E-state index < -0.39 is 5.41 Å². The van der Waals surface area contributed by atoms with Gasteiger partial charge in [-0.25, -0.2) is 0 Å². The molecule has 134 valence electrons. The minimum atomic E-state index is -0.452. The van der Waals surface area contributed by atoms with E-state index >= 15 is 0 Å². The van der Waals surface area contributed by atoms with Gasteiger partial charge in [0.25, 0.3) is 0 Å². The third-order valence-electron chi connectivity index (χ3n) is 4.42. The number of halogens is 1. The van der Waals surface area contributed by atoms with Crippen LogP contribution in [0, 0.1) is 23.7 Å². The fraction of sp³-hybridized carbons (Fsp3) is 0.619. The van der Waals surface area contributed by atoms with Crippen LogP contribution in [-0.2, 0) is 10.2 Å². The molecule has 0 radical (unpaired) electrons. The number of ketones is 1. The molecule has 24 heavy (non-hydrogen) atoms. The molecule has 1 atom stereocenters. The van der Waals surface area contributed by atoms with E-state index in [2.05, 4.69) is 41.1 Å². The topological polar surface area (TPSA) is 40.9 Å². The predicted molar refractivity (Wildman–Crippen MR) is 107 cm³/mol. The van der Waals surface area contributed by atoms with Crippen LogP contribution in [0.4, 0.5) is 0 Å². The number of hydrogen-bond acceptors (Lipinski definition) is 2. The number of alkyl halides is 1. The summed E-state index contributed by atoms with van der Waals surface area (Å²) in [6, 6.07) is 10.6. The standard InChI is InChI=1S/C19H26BrNO.C2H6/c1-15-8-7-9-16(12-15)19(4,17(22)13-20)11-6-5-10-18(2,3)14-21;1-2/h7-9,12H,5-6,10-11,13H2,1-4H3;1-2H3. The van der Waals surface area contributed by atoms with Crippen molar-refractivity contribution < 1.29 is 4.79 Å². The summed E-state index contributed by atoms with van der Waals surface area (Å²) in [6.45, 7) is 12.0. The Morgan fingerprint density at radius 2 is 1.75 bits per heavy atom. The number of nitrogens with zero attached hydrogens (tertiary/aromatic N) is 1. The highest BCUT2D eigenvalue weighted by Gasteiger charge is 2.33. The molecule has 0 spiro atoms. The summed E-state index contributed by atoms with van der Waals surface area (Å²) in [4.78, 5) is 12.5. The fourth-order valence-corrected chi connectivity index (χ4v) is 3.30. The summed E-state index contributed by atoms with van der Waals surface area (Å²) in [5.41, 5.74) is 1.54. The Hall–Kier alpha value is -1.14. The minimum Gasteiger partial charge on any atom is -0.298 e. The van der Waals surface area contributed by atoms with Crippen molar-refractivity contribution in [1.82, 2.24) is 0 Å². The van der Waals surface area contributed by atoms with E-state index in [0.717, 1.165) is 31.2 Å². The van der Waals surface area contributed by atoms with Crippen LogP contribution in [-0.4, -0.2) is 11.1 Å². The van der Waals surface area contributed by atoms with Crippen LogP contribution in [0.2, 0.25) is 0 Å². The third-order valence-corrected chi connectivity index (χ3v) is 4.93. The second-order valence-corrected chi connectivity index (χ2v) is 7.52. The van der Waals surface area contributed by atoms with Crippen molar-refractivity contribution in [2.45, 2.75) is 72.6 Å². The highest BCUT2D eigenvalue weighted by atomic mass is 79.9. The lowest BCUT2D eigenvalue weighted by Crippen LogP contribution is -2.33. The SMILES string of the molecule is CC.Cc1cccc(C(C)(CCCCC(C)(C)C#N)C(=O)CBr)c1. The zero-order valence-electron chi connectivity index (χ0n) is 16.1. The molecule has 1 unspecified atom stereocenters. The van der Waals surface area contributed by atoms with Crippen LogP contribution in [0.15, 0.2) is 24.3 Å². The molecular formula is C21H32BrNO. The van der Waals surface area contributed by atoms with Crippen molar-refractivity contribution in [2.24, 2.45) is 5.41 Å². The number of Topliss-reactive ketones (excluding diaryl/α,β-unsaturated/α-hetero) is 1. The quantitative estimate of drug-likeness (QED) is 0.381. The summed E-state index contributed by atoms with van der Waals surface area (Å²) in [7, 11) is 0. The average molecular weight is 394 g/mol. The van der Waals surface area contributed by atoms with E-state index in [0.29, 0.717) is 5.33 Å². The predicted octanol–water partition coefficient (Wildman–Crippen LogP) is 6.35. The van der Waals surface area contributed by atoms with E-state index in [1.807, 2.05) is 46.8 Å². The molecular weight excluding hydrogens is 362 g/mol. The molecule has 0 amide bonds. The Morgan fingerprint density at radius 1 is 1.17 bits per heavy atom. The number of benzene rings is 1. The Labute approximate surface area is 156 Å². The number of hydrogen-bond donors (Lipinski definition) is 0. The van der Waals surface area contributed by atoms with Crippen molar-refractivity contribution in [3.8, 4) is 6.07 Å². The van der Waals surface area contributed by atoms with Gasteiger partial charge in [0.15, 0.2) is 5.78 Å². The molecule has 3 heteroatoms. The smallest absolute Gasteiger partial charge is 0.153 e. The summed E-state index contributed by atoms with van der Waals surface area (Å²) >= 11 is 3.33. The van der Waals surface area contributed by atoms with Gasteiger partial charge in [-0.05, 0) is 46.1 Å². The Bertz CT molecular complexity index is 559. The molecule has 2 nitrogen and oxygen atoms in total. The Morgan fingerprint density at radius 3 is 2.25 bits per heavy atom. The van der Waals surface area contributed by atoms with Crippen molar-refractivity contribution in [3.63, 3.8) is 0 Å². The van der Waals surface area contributed by atoms with Gasteiger partial charge in [-0.1, -0.05) is 72.4 Å². The highest BCUT2D eigenvalue weighted by molar-refractivity contribution is 9.09. The van der Waals surface area contributed by atoms with Crippen LogP contribution >= 0.6 is 15.9 Å². The number of unbranched alkanes of at least 4 members (excludes halogenated alkanes) is 1. The summed E-state index contributed by atoms with van der Waals surface area (Å²) in [5, 5.41) is 9.45. The molecule has 1 aromatic rings. The maximum absolute atomic E-state index is 12.5. The van der Waals surface area contributed by atoms with Crippen LogP contribution in [0.3, 0.4) is 0 Å². The molecule has 0 heterocycles. The minimum absolute atomic E-state index is 0.220. The average Bonchev–Trinajstić information content (AvgIpc) is 2.59. The first kappa shape index (κ1) is 22.9. The van der Waals surface area contributed by atoms with Gasteiger partial charge in [0.2, 0.25) is 0 Å². The lowest BCUT2D eigenvalue weighted by Gasteiger charge is -2.29. The van der Waals surface area contributed by atoms with Crippen LogP contribution in [0.1, 0.15) is 71.4 Å². The molecule has 0 fully saturated rings. The number of aryl methyl sites for hydroxylation is 1. The second kappa shape index (κ2) is 10.7. The van der Waals surface area contributed by atoms with Gasteiger partial charge < -0.3 is 0 Å². The molecule has 0 aliphatic heterocycles. The maximum Gasteiger partial charge on any atom is 0.153 e. The van der Waals surface area contributed by atoms with Crippen LogP contribution in [0.25, 0.3) is 0 Å². The molecule has 1 aromatic carbocycles. The first-order valence-corrected chi connectivity index (χ1v) is 9.95. The van der Waals surface area contributed by atoms with Crippen LogP contribution in [0.5, 0.6) is 0 Å². The van der Waals surface area contributed by atoms with Gasteiger partial charge in [-0.15, -0.1) is 0 Å². The number of nitriles is 1. The van der Waals surface area contributed by atoms with E-state index in [-0.39, 0.29) is 11.2 Å². The maximum atomic E-state index is 12.5. The number of carbonyl (C=O) groups excluding carboxylic acids is 1. The van der Waals surface area contributed by atoms with E-state index in [1.165, 1.54) is 5.56 Å². The van der Waals surface area contributed by atoms with Gasteiger partial charge in [-0.3, -0.25) is 4.79 Å². The summed E-state index contributed by atoms with van der Waals surface area (Å²) in [5.74, 6) is 0.220. The molecule has 1 rings (SSSR count). The van der Waals surface area contributed by atoms with Gasteiger partial charge >= 0.3 is 0 Å². The van der Waals surface area contributed by atoms with Gasteiger partial charge in [0, 0.05) is 0 Å². The largest absolute Gasteiger partial charge is 0.298 e. The number of carbonyl (C=O) groups is 1. The fourth-order valence-electron chi connectivity index (χ4n) is 2.68. The molecule has 0 bridgehead atoms. The van der Waals surface area contributed by atoms with Gasteiger partial charge in [0.1, 0.15) is 0 Å². The lowest BCUT2D eigenvalue weighted by atomic mass is 9.74. The molecule has 0 N–H and O–H groups in total. The van der Waals surface area contributed by atoms with Crippen molar-refractivity contribution in [3.05, 3.63) is 35.4 Å². The molecule has 0 saturated carbocycles. The monoisotopic (exact) mass is 393 g/mol. The van der Waals surface area contributed by atoms with Gasteiger partial charge in [0.05, 0.1) is 22.2 Å². The highest BCUT2D eigenvalue weighted by Crippen LogP contribution is 2.33. The molecule has 0 aromatic heterocycles. The van der Waals surface area contributed by atoms with Crippen molar-refractivity contribution in [1.29, 1.82) is 5.26 Å². The first-order chi connectivity index (χ1) is 11.2. The molecule has 0 saturated heterocycles. The van der Waals surface area contributed by atoms with Crippen molar-refractivity contribution >= 4 is 21.7 Å². The van der Waals surface area contributed by atoms with Crippen LogP contribution < -0.4 is 0 Å². The lowest BCUT2D eigenvalue weighted by molar-refractivity contribution is -0.121. The zero-order chi connectivity index (χ0) is 18.8. The summed E-state index contributed by atoms with van der Waals surface area (Å²) < 4.78 is 0.